The number of nitrogens with zero attached hydrogens (tertiary/aromatic N) is 4. The number of hydrogen-bond donors (Lipinski definition) is 0. The normalized spacial score (nSPS) is 15.8. The van der Waals surface area contributed by atoms with Gasteiger partial charge < -0.3 is 4.52 Å². The van der Waals surface area contributed by atoms with Crippen LogP contribution in [0, 0.1) is 6.92 Å². The van der Waals surface area contributed by atoms with Crippen molar-refractivity contribution in [3.63, 3.8) is 0 Å². The van der Waals surface area contributed by atoms with Crippen molar-refractivity contribution in [1.82, 2.24) is 20.0 Å². The lowest BCUT2D eigenvalue weighted by atomic mass is 10.1. The molecule has 2 aromatic rings. The first-order chi connectivity index (χ1) is 8.31. The van der Waals surface area contributed by atoms with Crippen LogP contribution in [0.4, 0.5) is 0 Å². The largest absolute Gasteiger partial charge is 0.360 e. The fourth-order valence-corrected chi connectivity index (χ4v) is 2.15. The van der Waals surface area contributed by atoms with Crippen molar-refractivity contribution in [2.45, 2.75) is 26.4 Å². The van der Waals surface area contributed by atoms with Gasteiger partial charge in [0.15, 0.2) is 5.76 Å². The monoisotopic (exact) mass is 230 g/mol. The lowest BCUT2D eigenvalue weighted by Gasteiger charge is -2.26. The Balaban J connectivity index is 1.72. The van der Waals surface area contributed by atoms with Crippen LogP contribution in [0.15, 0.2) is 23.1 Å². The molecule has 0 radical (unpaired) electrons. The van der Waals surface area contributed by atoms with E-state index in [1.165, 1.54) is 5.56 Å². The molecular weight excluding hydrogens is 216 g/mol. The van der Waals surface area contributed by atoms with Crippen molar-refractivity contribution >= 4 is 0 Å². The van der Waals surface area contributed by atoms with Crippen molar-refractivity contribution in [1.29, 1.82) is 0 Å². The molecule has 2 aromatic heterocycles. The molecule has 1 aliphatic heterocycles. The van der Waals surface area contributed by atoms with Crippen molar-refractivity contribution < 1.29 is 4.52 Å². The van der Waals surface area contributed by atoms with Gasteiger partial charge in [-0.15, -0.1) is 0 Å². The summed E-state index contributed by atoms with van der Waals surface area (Å²) < 4.78 is 5.23. The van der Waals surface area contributed by atoms with Crippen LogP contribution in [0.5, 0.6) is 0 Å². The van der Waals surface area contributed by atoms with Gasteiger partial charge in [-0.3, -0.25) is 4.90 Å². The zero-order valence-corrected chi connectivity index (χ0v) is 9.76. The van der Waals surface area contributed by atoms with Gasteiger partial charge in [0.25, 0.3) is 0 Å². The van der Waals surface area contributed by atoms with E-state index in [0.717, 1.165) is 43.2 Å². The molecule has 0 atom stereocenters. The topological polar surface area (TPSA) is 55.1 Å². The smallest absolute Gasteiger partial charge is 0.150 e. The summed E-state index contributed by atoms with van der Waals surface area (Å²) in [6.45, 7) is 4.60. The lowest BCUT2D eigenvalue weighted by molar-refractivity contribution is 0.211. The second-order valence-corrected chi connectivity index (χ2v) is 4.39. The third-order valence-corrected chi connectivity index (χ3v) is 3.01. The fourth-order valence-electron chi connectivity index (χ4n) is 2.15. The van der Waals surface area contributed by atoms with Crippen LogP contribution in [0.3, 0.4) is 0 Å². The Bertz CT molecular complexity index is 523. The van der Waals surface area contributed by atoms with Crippen molar-refractivity contribution in [2.75, 3.05) is 6.54 Å². The first-order valence-corrected chi connectivity index (χ1v) is 5.73. The van der Waals surface area contributed by atoms with Crippen LogP contribution in [-0.4, -0.2) is 26.6 Å². The molecule has 0 saturated carbocycles. The lowest BCUT2D eigenvalue weighted by Crippen LogP contribution is -2.30. The Labute approximate surface area is 99.5 Å². The highest BCUT2D eigenvalue weighted by Gasteiger charge is 2.18. The summed E-state index contributed by atoms with van der Waals surface area (Å²) in [4.78, 5) is 10.7. The third kappa shape index (κ3) is 2.19. The molecule has 0 bridgehead atoms. The van der Waals surface area contributed by atoms with E-state index in [4.69, 9.17) is 4.52 Å². The van der Waals surface area contributed by atoms with E-state index in [1.54, 1.807) is 6.33 Å². The van der Waals surface area contributed by atoms with Gasteiger partial charge in [-0.1, -0.05) is 5.16 Å². The highest BCUT2D eigenvalue weighted by atomic mass is 16.5. The summed E-state index contributed by atoms with van der Waals surface area (Å²) in [5, 5.41) is 3.90. The van der Waals surface area contributed by atoms with E-state index in [1.807, 2.05) is 19.2 Å². The molecule has 0 unspecified atom stereocenters. The second-order valence-electron chi connectivity index (χ2n) is 4.39. The summed E-state index contributed by atoms with van der Waals surface area (Å²) in [6.07, 6.45) is 4.53. The van der Waals surface area contributed by atoms with Gasteiger partial charge in [0.2, 0.25) is 0 Å². The minimum absolute atomic E-state index is 0.796. The predicted octanol–water partition coefficient (Wildman–Crippen LogP) is 1.33. The minimum Gasteiger partial charge on any atom is -0.360 e. The molecule has 0 amide bonds. The van der Waals surface area contributed by atoms with E-state index < -0.39 is 0 Å². The quantitative estimate of drug-likeness (QED) is 0.779. The van der Waals surface area contributed by atoms with Gasteiger partial charge in [-0.25, -0.2) is 9.97 Å². The first kappa shape index (κ1) is 10.4. The maximum atomic E-state index is 5.23. The summed E-state index contributed by atoms with van der Waals surface area (Å²) >= 11 is 0. The second kappa shape index (κ2) is 4.25. The van der Waals surface area contributed by atoms with Crippen LogP contribution in [-0.2, 0) is 19.5 Å². The van der Waals surface area contributed by atoms with Crippen molar-refractivity contribution in [3.8, 4) is 0 Å². The van der Waals surface area contributed by atoms with E-state index in [2.05, 4.69) is 20.0 Å². The molecule has 88 valence electrons. The molecule has 1 aliphatic rings. The number of aryl methyl sites for hydroxylation is 1. The maximum absolute atomic E-state index is 5.23. The standard InChI is InChI=1S/C12H14N4O/c1-9-4-11(17-15-9)6-16-3-2-10-5-13-8-14-12(10)7-16/h4-5,8H,2-3,6-7H2,1H3. The van der Waals surface area contributed by atoms with Gasteiger partial charge in [0, 0.05) is 25.4 Å². The highest BCUT2D eigenvalue weighted by Crippen LogP contribution is 2.17. The molecule has 0 N–H and O–H groups in total. The van der Waals surface area contributed by atoms with Gasteiger partial charge in [-0.05, 0) is 18.9 Å². The molecule has 3 heterocycles. The van der Waals surface area contributed by atoms with E-state index in [0.29, 0.717) is 0 Å². The zero-order valence-electron chi connectivity index (χ0n) is 9.76. The SMILES string of the molecule is Cc1cc(CN2CCc3cncnc3C2)on1. The highest BCUT2D eigenvalue weighted by molar-refractivity contribution is 5.19. The van der Waals surface area contributed by atoms with Crippen molar-refractivity contribution in [3.05, 3.63) is 41.3 Å². The maximum Gasteiger partial charge on any atom is 0.150 e. The summed E-state index contributed by atoms with van der Waals surface area (Å²) in [7, 11) is 0. The van der Waals surface area contributed by atoms with Gasteiger partial charge >= 0.3 is 0 Å². The summed E-state index contributed by atoms with van der Waals surface area (Å²) in [6, 6.07) is 1.98. The van der Waals surface area contributed by atoms with Crippen LogP contribution in [0.2, 0.25) is 0 Å². The van der Waals surface area contributed by atoms with Gasteiger partial charge in [-0.2, -0.15) is 0 Å². The van der Waals surface area contributed by atoms with Crippen LogP contribution in [0.25, 0.3) is 0 Å². The Kier molecular flexibility index (Phi) is 2.60. The average Bonchev–Trinajstić information content (AvgIpc) is 2.75. The number of rotatable bonds is 2. The molecule has 0 aliphatic carbocycles. The molecule has 17 heavy (non-hydrogen) atoms. The van der Waals surface area contributed by atoms with E-state index in [-0.39, 0.29) is 0 Å². The first-order valence-electron chi connectivity index (χ1n) is 5.73. The molecule has 0 saturated heterocycles. The van der Waals surface area contributed by atoms with Crippen LogP contribution in [0.1, 0.15) is 22.7 Å². The average molecular weight is 230 g/mol. The van der Waals surface area contributed by atoms with E-state index >= 15 is 0 Å². The Morgan fingerprint density at radius 3 is 3.24 bits per heavy atom. The Morgan fingerprint density at radius 2 is 2.41 bits per heavy atom. The number of aromatic nitrogens is 3. The van der Waals surface area contributed by atoms with E-state index in [9.17, 15) is 0 Å². The van der Waals surface area contributed by atoms with Crippen LogP contribution < -0.4 is 0 Å². The third-order valence-electron chi connectivity index (χ3n) is 3.01. The summed E-state index contributed by atoms with van der Waals surface area (Å²) in [5.74, 6) is 0.917. The molecule has 3 rings (SSSR count). The molecule has 0 aromatic carbocycles. The van der Waals surface area contributed by atoms with Crippen LogP contribution >= 0.6 is 0 Å². The predicted molar refractivity (Wildman–Crippen MR) is 61.1 cm³/mol. The number of fused-ring (bicyclic) bond motifs is 1. The van der Waals surface area contributed by atoms with Gasteiger partial charge in [0.1, 0.15) is 6.33 Å². The molecule has 5 heteroatoms. The minimum atomic E-state index is 0.796. The number of hydrogen-bond acceptors (Lipinski definition) is 5. The molecule has 5 nitrogen and oxygen atoms in total. The Morgan fingerprint density at radius 1 is 1.47 bits per heavy atom. The fraction of sp³-hybridized carbons (Fsp3) is 0.417. The molecular formula is C12H14N4O. The molecule has 0 spiro atoms. The van der Waals surface area contributed by atoms with Crippen molar-refractivity contribution in [2.24, 2.45) is 0 Å². The zero-order chi connectivity index (χ0) is 11.7. The Hall–Kier alpha value is -1.75. The summed E-state index contributed by atoms with van der Waals surface area (Å²) in [5.41, 5.74) is 3.32. The molecule has 0 fully saturated rings. The van der Waals surface area contributed by atoms with Gasteiger partial charge in [0.05, 0.1) is 17.9 Å².